The summed E-state index contributed by atoms with van der Waals surface area (Å²) in [6.07, 6.45) is 1.61. The van der Waals surface area contributed by atoms with Gasteiger partial charge in [0, 0.05) is 5.56 Å². The van der Waals surface area contributed by atoms with E-state index in [9.17, 15) is 0 Å². The van der Waals surface area contributed by atoms with E-state index in [1.807, 2.05) is 0 Å². The predicted octanol–water partition coefficient (Wildman–Crippen LogP) is 1.62. The number of hydrogen-bond donors (Lipinski definition) is 2. The van der Waals surface area contributed by atoms with Gasteiger partial charge < -0.3 is 10.8 Å². The Morgan fingerprint density at radius 3 is 2.70 bits per heavy atom. The number of nitrogen functional groups attached to an aromatic ring is 1. The molecule has 0 unspecified atom stereocenters. The molecule has 0 atom stereocenters. The van der Waals surface area contributed by atoms with Crippen molar-refractivity contribution < 1.29 is 5.11 Å². The molecule has 1 aromatic carbocycles. The fourth-order valence-electron chi connectivity index (χ4n) is 0.748. The second-order valence-corrected chi connectivity index (χ2v) is 1.98. The molecule has 2 nitrogen and oxygen atoms in total. The van der Waals surface area contributed by atoms with E-state index in [0.717, 1.165) is 5.56 Å². The molecule has 0 aliphatic heterocycles. The molecule has 0 saturated carbocycles. The van der Waals surface area contributed by atoms with Gasteiger partial charge in [-0.25, -0.2) is 0 Å². The molecular weight excluding hydrogens is 126 g/mol. The lowest BCUT2D eigenvalue weighted by atomic mass is 10.2. The monoisotopic (exact) mass is 135 g/mol. The van der Waals surface area contributed by atoms with Crippen LogP contribution in [0.4, 0.5) is 5.69 Å². The predicted molar refractivity (Wildman–Crippen MR) is 42.6 cm³/mol. The SMILES string of the molecule is C=Cc1cccc(O)c1N. The van der Waals surface area contributed by atoms with Crippen LogP contribution >= 0.6 is 0 Å². The topological polar surface area (TPSA) is 46.2 Å². The number of phenolic OH excluding ortho intramolecular Hbond substituents is 1. The molecule has 1 rings (SSSR count). The highest BCUT2D eigenvalue weighted by Crippen LogP contribution is 2.23. The van der Waals surface area contributed by atoms with E-state index in [1.54, 1.807) is 24.3 Å². The third-order valence-corrected chi connectivity index (χ3v) is 1.34. The van der Waals surface area contributed by atoms with Gasteiger partial charge in [-0.15, -0.1) is 0 Å². The third-order valence-electron chi connectivity index (χ3n) is 1.34. The summed E-state index contributed by atoms with van der Waals surface area (Å²) in [5, 5.41) is 9.06. The van der Waals surface area contributed by atoms with Crippen molar-refractivity contribution in [2.45, 2.75) is 0 Å². The molecule has 0 bridgehead atoms. The van der Waals surface area contributed by atoms with Crippen molar-refractivity contribution in [3.63, 3.8) is 0 Å². The van der Waals surface area contributed by atoms with Gasteiger partial charge in [0.1, 0.15) is 5.75 Å². The Bertz CT molecular complexity index is 255. The maximum Gasteiger partial charge on any atom is 0.139 e. The molecular formula is C8H9NO. The summed E-state index contributed by atoms with van der Waals surface area (Å²) in [6, 6.07) is 5.06. The molecule has 0 amide bonds. The molecule has 0 heterocycles. The molecule has 3 N–H and O–H groups in total. The van der Waals surface area contributed by atoms with Crippen LogP contribution in [-0.4, -0.2) is 5.11 Å². The number of para-hydroxylation sites is 1. The Morgan fingerprint density at radius 2 is 2.20 bits per heavy atom. The zero-order chi connectivity index (χ0) is 7.56. The van der Waals surface area contributed by atoms with Gasteiger partial charge in [-0.05, 0) is 6.07 Å². The van der Waals surface area contributed by atoms with Crippen molar-refractivity contribution in [2.24, 2.45) is 0 Å². The summed E-state index contributed by atoms with van der Waals surface area (Å²) in [6.45, 7) is 3.54. The minimum Gasteiger partial charge on any atom is -0.506 e. The first kappa shape index (κ1) is 6.68. The highest BCUT2D eigenvalue weighted by atomic mass is 16.3. The number of rotatable bonds is 1. The summed E-state index contributed by atoms with van der Waals surface area (Å²) in [4.78, 5) is 0. The largest absolute Gasteiger partial charge is 0.506 e. The van der Waals surface area contributed by atoms with Crippen LogP contribution < -0.4 is 5.73 Å². The van der Waals surface area contributed by atoms with Gasteiger partial charge in [-0.1, -0.05) is 24.8 Å². The average molecular weight is 135 g/mol. The summed E-state index contributed by atoms with van der Waals surface area (Å²) >= 11 is 0. The second-order valence-electron chi connectivity index (χ2n) is 1.98. The van der Waals surface area contributed by atoms with Crippen LogP contribution in [0.2, 0.25) is 0 Å². The van der Waals surface area contributed by atoms with E-state index >= 15 is 0 Å². The van der Waals surface area contributed by atoms with Gasteiger partial charge in [-0.2, -0.15) is 0 Å². The molecule has 10 heavy (non-hydrogen) atoms. The molecule has 52 valence electrons. The van der Waals surface area contributed by atoms with Crippen LogP contribution in [-0.2, 0) is 0 Å². The zero-order valence-electron chi connectivity index (χ0n) is 5.54. The summed E-state index contributed by atoms with van der Waals surface area (Å²) < 4.78 is 0. The van der Waals surface area contributed by atoms with Gasteiger partial charge in [-0.3, -0.25) is 0 Å². The Balaban J connectivity index is 3.27. The fourth-order valence-corrected chi connectivity index (χ4v) is 0.748. The minimum absolute atomic E-state index is 0.109. The van der Waals surface area contributed by atoms with E-state index < -0.39 is 0 Å². The van der Waals surface area contributed by atoms with Crippen LogP contribution in [0.25, 0.3) is 6.08 Å². The third kappa shape index (κ3) is 0.957. The summed E-state index contributed by atoms with van der Waals surface area (Å²) in [5.74, 6) is 0.109. The number of benzene rings is 1. The number of phenols is 1. The Labute approximate surface area is 59.6 Å². The van der Waals surface area contributed by atoms with Gasteiger partial charge in [0.15, 0.2) is 0 Å². The normalized spacial score (nSPS) is 9.20. The van der Waals surface area contributed by atoms with Crippen LogP contribution in [0.1, 0.15) is 5.56 Å². The van der Waals surface area contributed by atoms with Crippen molar-refractivity contribution in [2.75, 3.05) is 5.73 Å². The van der Waals surface area contributed by atoms with Crippen LogP contribution in [0.5, 0.6) is 5.75 Å². The molecule has 2 heteroatoms. The quantitative estimate of drug-likeness (QED) is 0.454. The molecule has 0 radical (unpaired) electrons. The molecule has 0 aliphatic rings. The molecule has 0 aliphatic carbocycles. The van der Waals surface area contributed by atoms with Crippen LogP contribution in [0, 0.1) is 0 Å². The lowest BCUT2D eigenvalue weighted by Gasteiger charge is -2.00. The Kier molecular flexibility index (Phi) is 1.63. The smallest absolute Gasteiger partial charge is 0.139 e. The number of anilines is 1. The molecule has 0 spiro atoms. The first-order valence-corrected chi connectivity index (χ1v) is 2.95. The van der Waals surface area contributed by atoms with Gasteiger partial charge in [0.05, 0.1) is 5.69 Å². The molecule has 0 aromatic heterocycles. The number of aromatic hydroxyl groups is 1. The van der Waals surface area contributed by atoms with Gasteiger partial charge in [0.2, 0.25) is 0 Å². The first-order chi connectivity index (χ1) is 4.75. The van der Waals surface area contributed by atoms with Crippen LogP contribution in [0.3, 0.4) is 0 Å². The van der Waals surface area contributed by atoms with Crippen molar-refractivity contribution in [1.82, 2.24) is 0 Å². The second kappa shape index (κ2) is 2.43. The lowest BCUT2D eigenvalue weighted by molar-refractivity contribution is 0.478. The van der Waals surface area contributed by atoms with Crippen molar-refractivity contribution in [3.05, 3.63) is 30.3 Å². The fraction of sp³-hybridized carbons (Fsp3) is 0. The Hall–Kier alpha value is -1.44. The highest BCUT2D eigenvalue weighted by molar-refractivity contribution is 5.68. The average Bonchev–Trinajstić information content (AvgIpc) is 1.95. The van der Waals surface area contributed by atoms with Crippen molar-refractivity contribution in [1.29, 1.82) is 0 Å². The first-order valence-electron chi connectivity index (χ1n) is 2.95. The van der Waals surface area contributed by atoms with Crippen molar-refractivity contribution >= 4 is 11.8 Å². The highest BCUT2D eigenvalue weighted by Gasteiger charge is 1.97. The van der Waals surface area contributed by atoms with Gasteiger partial charge >= 0.3 is 0 Å². The van der Waals surface area contributed by atoms with E-state index in [2.05, 4.69) is 6.58 Å². The summed E-state index contributed by atoms with van der Waals surface area (Å²) in [7, 11) is 0. The maximum atomic E-state index is 9.06. The van der Waals surface area contributed by atoms with Crippen molar-refractivity contribution in [3.8, 4) is 5.75 Å². The number of nitrogens with two attached hydrogens (primary N) is 1. The van der Waals surface area contributed by atoms with E-state index in [1.165, 1.54) is 0 Å². The van der Waals surface area contributed by atoms with E-state index in [4.69, 9.17) is 10.8 Å². The number of hydrogen-bond acceptors (Lipinski definition) is 2. The van der Waals surface area contributed by atoms with Crippen LogP contribution in [0.15, 0.2) is 24.8 Å². The van der Waals surface area contributed by atoms with E-state index in [-0.39, 0.29) is 5.75 Å². The maximum absolute atomic E-state index is 9.06. The Morgan fingerprint density at radius 1 is 1.50 bits per heavy atom. The molecule has 1 aromatic rings. The zero-order valence-corrected chi connectivity index (χ0v) is 5.54. The van der Waals surface area contributed by atoms with Gasteiger partial charge in [0.25, 0.3) is 0 Å². The minimum atomic E-state index is 0.109. The lowest BCUT2D eigenvalue weighted by Crippen LogP contribution is -1.88. The van der Waals surface area contributed by atoms with E-state index in [0.29, 0.717) is 5.69 Å². The standard InChI is InChI=1S/C8H9NO/c1-2-6-4-3-5-7(10)8(6)9/h2-5,10H,1,9H2. The molecule has 0 saturated heterocycles. The molecule has 0 fully saturated rings. The summed E-state index contributed by atoms with van der Waals surface area (Å²) in [5.41, 5.74) is 6.62.